The number of carbonyl (C=O) groups excluding carboxylic acids is 1. The lowest BCUT2D eigenvalue weighted by atomic mass is 10.2. The van der Waals surface area contributed by atoms with Gasteiger partial charge in [-0.25, -0.2) is 0 Å². The second-order valence-corrected chi connectivity index (χ2v) is 2.22. The van der Waals surface area contributed by atoms with Crippen LogP contribution >= 0.6 is 0 Å². The summed E-state index contributed by atoms with van der Waals surface area (Å²) in [6.07, 6.45) is 5.81. The van der Waals surface area contributed by atoms with Crippen molar-refractivity contribution < 1.29 is 13.9 Å². The molecule has 3 nitrogen and oxygen atoms in total. The van der Waals surface area contributed by atoms with E-state index in [4.69, 9.17) is 9.15 Å². The second-order valence-electron chi connectivity index (χ2n) is 2.22. The fourth-order valence-electron chi connectivity index (χ4n) is 1.02. The van der Waals surface area contributed by atoms with E-state index in [0.717, 1.165) is 11.8 Å². The fraction of sp³-hybridized carbons (Fsp3) is 0.125. The molecule has 0 bridgehead atoms. The summed E-state index contributed by atoms with van der Waals surface area (Å²) in [7, 11) is 0. The van der Waals surface area contributed by atoms with E-state index in [1.54, 1.807) is 0 Å². The average molecular weight is 150 g/mol. The lowest BCUT2D eigenvalue weighted by Crippen LogP contribution is -1.98. The molecule has 0 aromatic carbocycles. The van der Waals surface area contributed by atoms with Gasteiger partial charge in [-0.05, 0) is 12.2 Å². The molecule has 2 rings (SSSR count). The Hall–Kier alpha value is -1.51. The summed E-state index contributed by atoms with van der Waals surface area (Å²) in [5, 5.41) is 0. The number of carbonyl (C=O) groups is 1. The Kier molecular flexibility index (Phi) is 1.28. The van der Waals surface area contributed by atoms with Gasteiger partial charge < -0.3 is 9.15 Å². The van der Waals surface area contributed by atoms with Crippen LogP contribution in [-0.4, -0.2) is 12.9 Å². The first kappa shape index (κ1) is 6.22. The molecule has 0 unspecified atom stereocenters. The van der Waals surface area contributed by atoms with Crippen molar-refractivity contribution in [3.8, 4) is 5.95 Å². The Bertz CT molecular complexity index is 309. The van der Waals surface area contributed by atoms with Crippen molar-refractivity contribution in [2.45, 2.75) is 0 Å². The Labute approximate surface area is 63.3 Å². The molecule has 1 aliphatic heterocycles. The zero-order chi connectivity index (χ0) is 7.68. The topological polar surface area (TPSA) is 39.4 Å². The Morgan fingerprint density at radius 1 is 1.55 bits per heavy atom. The monoisotopic (exact) mass is 150 g/mol. The van der Waals surface area contributed by atoms with Gasteiger partial charge in [-0.15, -0.1) is 0 Å². The van der Waals surface area contributed by atoms with Gasteiger partial charge in [0.1, 0.15) is 12.9 Å². The molecule has 0 spiro atoms. The van der Waals surface area contributed by atoms with Crippen LogP contribution in [0.3, 0.4) is 0 Å². The highest BCUT2D eigenvalue weighted by Gasteiger charge is 2.13. The molecule has 0 N–H and O–H groups in total. The molecule has 3 heteroatoms. The van der Waals surface area contributed by atoms with Crippen LogP contribution in [0.5, 0.6) is 5.95 Å². The number of fused-ring (bicyclic) bond motifs is 1. The number of aldehydes is 1. The molecule has 56 valence electrons. The van der Waals surface area contributed by atoms with Crippen molar-refractivity contribution in [3.05, 3.63) is 23.5 Å². The standard InChI is InChI=1S/C8H6O3/c9-4-6-5-11-8-7(6)2-1-3-10-8/h1-2,4-5H,3H2. The zero-order valence-corrected chi connectivity index (χ0v) is 5.74. The summed E-state index contributed by atoms with van der Waals surface area (Å²) in [6, 6.07) is 0. The summed E-state index contributed by atoms with van der Waals surface area (Å²) in [5.74, 6) is 0.439. The van der Waals surface area contributed by atoms with Crippen molar-refractivity contribution >= 4 is 12.4 Å². The van der Waals surface area contributed by atoms with E-state index >= 15 is 0 Å². The van der Waals surface area contributed by atoms with Gasteiger partial charge in [0.15, 0.2) is 6.29 Å². The molecule has 0 aliphatic carbocycles. The van der Waals surface area contributed by atoms with E-state index in [2.05, 4.69) is 0 Å². The summed E-state index contributed by atoms with van der Waals surface area (Å²) in [6.45, 7) is 0.513. The predicted octanol–water partition coefficient (Wildman–Crippen LogP) is 1.50. The molecule has 0 radical (unpaired) electrons. The molecule has 2 heterocycles. The van der Waals surface area contributed by atoms with Gasteiger partial charge in [-0.1, -0.05) is 0 Å². The lowest BCUT2D eigenvalue weighted by Gasteiger charge is -2.04. The average Bonchev–Trinajstić information content (AvgIpc) is 2.47. The third-order valence-electron chi connectivity index (χ3n) is 1.55. The van der Waals surface area contributed by atoms with Crippen LogP contribution < -0.4 is 4.74 Å². The normalized spacial score (nSPS) is 13.8. The number of hydrogen-bond donors (Lipinski definition) is 0. The van der Waals surface area contributed by atoms with Crippen molar-refractivity contribution in [1.82, 2.24) is 0 Å². The highest BCUT2D eigenvalue weighted by atomic mass is 16.6. The van der Waals surface area contributed by atoms with Gasteiger partial charge in [0.25, 0.3) is 5.95 Å². The number of rotatable bonds is 1. The first-order valence-corrected chi connectivity index (χ1v) is 3.28. The van der Waals surface area contributed by atoms with Crippen molar-refractivity contribution in [1.29, 1.82) is 0 Å². The molecule has 0 saturated carbocycles. The largest absolute Gasteiger partial charge is 0.460 e. The van der Waals surface area contributed by atoms with E-state index in [-0.39, 0.29) is 0 Å². The van der Waals surface area contributed by atoms with Gasteiger partial charge in [0.05, 0.1) is 11.1 Å². The Morgan fingerprint density at radius 2 is 2.45 bits per heavy atom. The molecule has 0 amide bonds. The van der Waals surface area contributed by atoms with Crippen LogP contribution in [0.2, 0.25) is 0 Å². The van der Waals surface area contributed by atoms with Crippen LogP contribution in [0.15, 0.2) is 16.8 Å². The SMILES string of the molecule is O=Cc1coc2c1C=CCO2. The van der Waals surface area contributed by atoms with Gasteiger partial charge in [-0.2, -0.15) is 0 Å². The molecule has 0 saturated heterocycles. The number of ether oxygens (including phenoxy) is 1. The third kappa shape index (κ3) is 0.852. The minimum absolute atomic E-state index is 0.439. The van der Waals surface area contributed by atoms with E-state index in [9.17, 15) is 4.79 Å². The van der Waals surface area contributed by atoms with Crippen LogP contribution in [0.1, 0.15) is 15.9 Å². The van der Waals surface area contributed by atoms with Gasteiger partial charge in [-0.3, -0.25) is 4.79 Å². The highest BCUT2D eigenvalue weighted by molar-refractivity contribution is 5.83. The van der Waals surface area contributed by atoms with Crippen LogP contribution in [0.4, 0.5) is 0 Å². The number of hydrogen-bond acceptors (Lipinski definition) is 3. The summed E-state index contributed by atoms with van der Waals surface area (Å²) in [4.78, 5) is 10.4. The second kappa shape index (κ2) is 2.27. The molecule has 11 heavy (non-hydrogen) atoms. The fourth-order valence-corrected chi connectivity index (χ4v) is 1.02. The summed E-state index contributed by atoms with van der Waals surface area (Å²) >= 11 is 0. The lowest BCUT2D eigenvalue weighted by molar-refractivity contribution is 0.112. The highest BCUT2D eigenvalue weighted by Crippen LogP contribution is 2.27. The quantitative estimate of drug-likeness (QED) is 0.569. The molecule has 1 aromatic rings. The van der Waals surface area contributed by atoms with Gasteiger partial charge >= 0.3 is 0 Å². The minimum atomic E-state index is 0.439. The van der Waals surface area contributed by atoms with Crippen molar-refractivity contribution in [3.63, 3.8) is 0 Å². The van der Waals surface area contributed by atoms with E-state index in [1.807, 2.05) is 12.2 Å². The van der Waals surface area contributed by atoms with Crippen LogP contribution in [0, 0.1) is 0 Å². The van der Waals surface area contributed by atoms with Crippen molar-refractivity contribution in [2.75, 3.05) is 6.61 Å². The third-order valence-corrected chi connectivity index (χ3v) is 1.55. The van der Waals surface area contributed by atoms with E-state index in [1.165, 1.54) is 6.26 Å². The Balaban J connectivity index is 2.56. The minimum Gasteiger partial charge on any atom is -0.460 e. The van der Waals surface area contributed by atoms with Crippen LogP contribution in [-0.2, 0) is 0 Å². The van der Waals surface area contributed by atoms with Crippen LogP contribution in [0.25, 0.3) is 6.08 Å². The maximum absolute atomic E-state index is 10.4. The smallest absolute Gasteiger partial charge is 0.292 e. The molecule has 0 fully saturated rings. The summed E-state index contributed by atoms with van der Waals surface area (Å²) in [5.41, 5.74) is 1.28. The molecular formula is C8H6O3. The van der Waals surface area contributed by atoms with E-state index < -0.39 is 0 Å². The van der Waals surface area contributed by atoms with Gasteiger partial charge in [0.2, 0.25) is 0 Å². The van der Waals surface area contributed by atoms with Crippen molar-refractivity contribution in [2.24, 2.45) is 0 Å². The zero-order valence-electron chi connectivity index (χ0n) is 5.74. The number of furan rings is 1. The Morgan fingerprint density at radius 3 is 3.27 bits per heavy atom. The summed E-state index contributed by atoms with van der Waals surface area (Å²) < 4.78 is 10.1. The predicted molar refractivity (Wildman–Crippen MR) is 38.6 cm³/mol. The van der Waals surface area contributed by atoms with Gasteiger partial charge in [0, 0.05) is 0 Å². The first-order valence-electron chi connectivity index (χ1n) is 3.28. The van der Waals surface area contributed by atoms with E-state index in [0.29, 0.717) is 18.1 Å². The maximum Gasteiger partial charge on any atom is 0.292 e. The molecule has 1 aromatic heterocycles. The molecule has 0 atom stereocenters. The molecule has 1 aliphatic rings. The first-order chi connectivity index (χ1) is 5.42. The maximum atomic E-state index is 10.4. The molecular weight excluding hydrogens is 144 g/mol.